The number of H-pyrrole nitrogens is 1. The Morgan fingerprint density at radius 1 is 1.37 bits per heavy atom. The molecule has 0 radical (unpaired) electrons. The smallest absolute Gasteiger partial charge is 0.264 e. The van der Waals surface area contributed by atoms with Crippen molar-refractivity contribution in [3.05, 3.63) is 42.5 Å². The van der Waals surface area contributed by atoms with E-state index in [2.05, 4.69) is 20.1 Å². The van der Waals surface area contributed by atoms with Gasteiger partial charge in [0.15, 0.2) is 12.4 Å². The number of nitrogens with one attached hydrogen (secondary N) is 1. The van der Waals surface area contributed by atoms with E-state index in [1.165, 1.54) is 0 Å². The first kappa shape index (κ1) is 11.3. The van der Waals surface area contributed by atoms with Crippen LogP contribution in [-0.4, -0.2) is 20.1 Å². The quantitative estimate of drug-likeness (QED) is 0.688. The number of imidazole rings is 1. The molecule has 0 aliphatic heterocycles. The van der Waals surface area contributed by atoms with Crippen molar-refractivity contribution in [2.24, 2.45) is 0 Å². The minimum atomic E-state index is 0.178. The number of hydrogen-bond acceptors (Lipinski definition) is 6. The first-order chi connectivity index (χ1) is 9.31. The minimum absolute atomic E-state index is 0.178. The molecule has 0 aliphatic carbocycles. The van der Waals surface area contributed by atoms with Gasteiger partial charge in [0.2, 0.25) is 5.82 Å². The van der Waals surface area contributed by atoms with Crippen LogP contribution in [-0.2, 0) is 6.61 Å². The van der Waals surface area contributed by atoms with Gasteiger partial charge in [-0.1, -0.05) is 11.2 Å². The van der Waals surface area contributed by atoms with Gasteiger partial charge in [-0.2, -0.15) is 4.98 Å². The summed E-state index contributed by atoms with van der Waals surface area (Å²) in [5.41, 5.74) is 6.29. The summed E-state index contributed by atoms with van der Waals surface area (Å²) in [5, 5.41) is 3.80. The van der Waals surface area contributed by atoms with E-state index in [9.17, 15) is 0 Å². The van der Waals surface area contributed by atoms with Gasteiger partial charge in [-0.3, -0.25) is 0 Å². The Kier molecular flexibility index (Phi) is 2.85. The largest absolute Gasteiger partial charge is 0.484 e. The lowest BCUT2D eigenvalue weighted by Gasteiger charge is -2.02. The number of ether oxygens (including phenoxy) is 1. The third-order valence-electron chi connectivity index (χ3n) is 2.40. The molecule has 0 amide bonds. The van der Waals surface area contributed by atoms with Gasteiger partial charge in [0.05, 0.1) is 0 Å². The number of aromatic nitrogens is 4. The highest BCUT2D eigenvalue weighted by Crippen LogP contribution is 2.16. The molecular weight excluding hydrogens is 246 g/mol. The van der Waals surface area contributed by atoms with E-state index in [-0.39, 0.29) is 6.61 Å². The monoisotopic (exact) mass is 257 g/mol. The molecule has 0 bridgehead atoms. The Morgan fingerprint density at radius 2 is 2.32 bits per heavy atom. The van der Waals surface area contributed by atoms with Gasteiger partial charge in [0, 0.05) is 24.1 Å². The average molecular weight is 257 g/mol. The fourth-order valence-electron chi connectivity index (χ4n) is 1.55. The molecule has 3 N–H and O–H groups in total. The standard InChI is InChI=1S/C12H11N5O2/c13-8-2-1-3-9(6-8)18-7-10-16-12(17-19-10)11-14-4-5-15-11/h1-6H,7,13H2,(H,14,15). The van der Waals surface area contributed by atoms with Gasteiger partial charge in [0.25, 0.3) is 5.89 Å². The van der Waals surface area contributed by atoms with Crippen molar-refractivity contribution in [2.75, 3.05) is 5.73 Å². The molecule has 0 fully saturated rings. The van der Waals surface area contributed by atoms with Gasteiger partial charge in [0.1, 0.15) is 5.75 Å². The van der Waals surface area contributed by atoms with E-state index < -0.39 is 0 Å². The van der Waals surface area contributed by atoms with E-state index in [0.29, 0.717) is 29.0 Å². The Bertz CT molecular complexity index is 662. The summed E-state index contributed by atoms with van der Waals surface area (Å²) in [7, 11) is 0. The average Bonchev–Trinajstić information content (AvgIpc) is 3.07. The zero-order chi connectivity index (χ0) is 13.1. The van der Waals surface area contributed by atoms with Gasteiger partial charge in [-0.25, -0.2) is 4.98 Å². The van der Waals surface area contributed by atoms with Crippen LogP contribution in [0.15, 0.2) is 41.2 Å². The van der Waals surface area contributed by atoms with Crippen molar-refractivity contribution in [1.82, 2.24) is 20.1 Å². The second-order valence-electron chi connectivity index (χ2n) is 3.81. The molecular formula is C12H11N5O2. The summed E-state index contributed by atoms with van der Waals surface area (Å²) in [6.45, 7) is 0.178. The summed E-state index contributed by atoms with van der Waals surface area (Å²) in [4.78, 5) is 11.1. The van der Waals surface area contributed by atoms with Gasteiger partial charge in [-0.15, -0.1) is 0 Å². The van der Waals surface area contributed by atoms with Gasteiger partial charge >= 0.3 is 0 Å². The highest BCUT2D eigenvalue weighted by molar-refractivity contribution is 5.43. The molecule has 2 heterocycles. The second kappa shape index (κ2) is 4.81. The van der Waals surface area contributed by atoms with E-state index in [4.69, 9.17) is 15.0 Å². The van der Waals surface area contributed by atoms with E-state index in [1.807, 2.05) is 6.07 Å². The molecule has 0 unspecified atom stereocenters. The van der Waals surface area contributed by atoms with E-state index in [0.717, 1.165) is 0 Å². The maximum atomic E-state index is 5.65. The predicted octanol–water partition coefficient (Wildman–Crippen LogP) is 1.62. The fourth-order valence-corrected chi connectivity index (χ4v) is 1.55. The van der Waals surface area contributed by atoms with E-state index in [1.54, 1.807) is 30.6 Å². The number of benzene rings is 1. The zero-order valence-electron chi connectivity index (χ0n) is 9.91. The third kappa shape index (κ3) is 2.54. The lowest BCUT2D eigenvalue weighted by atomic mass is 10.3. The molecule has 7 heteroatoms. The summed E-state index contributed by atoms with van der Waals surface area (Å²) in [5.74, 6) is 1.97. The summed E-state index contributed by atoms with van der Waals surface area (Å²) in [6.07, 6.45) is 3.31. The van der Waals surface area contributed by atoms with Crippen molar-refractivity contribution < 1.29 is 9.26 Å². The Labute approximate surface area is 108 Å². The van der Waals surface area contributed by atoms with Gasteiger partial charge in [-0.05, 0) is 12.1 Å². The first-order valence-corrected chi connectivity index (χ1v) is 5.62. The molecule has 7 nitrogen and oxygen atoms in total. The Morgan fingerprint density at radius 3 is 3.11 bits per heavy atom. The number of nitrogens with zero attached hydrogens (tertiary/aromatic N) is 3. The molecule has 3 rings (SSSR count). The van der Waals surface area contributed by atoms with Crippen LogP contribution >= 0.6 is 0 Å². The predicted molar refractivity (Wildman–Crippen MR) is 67.1 cm³/mol. The van der Waals surface area contributed by atoms with Crippen LogP contribution in [0.25, 0.3) is 11.6 Å². The maximum absolute atomic E-state index is 5.65. The summed E-state index contributed by atoms with van der Waals surface area (Å²) >= 11 is 0. The highest BCUT2D eigenvalue weighted by Gasteiger charge is 2.10. The fraction of sp³-hybridized carbons (Fsp3) is 0.0833. The minimum Gasteiger partial charge on any atom is -0.484 e. The highest BCUT2D eigenvalue weighted by atomic mass is 16.5. The number of aromatic amines is 1. The van der Waals surface area contributed by atoms with Crippen LogP contribution in [0.2, 0.25) is 0 Å². The van der Waals surface area contributed by atoms with Crippen LogP contribution in [0.5, 0.6) is 5.75 Å². The molecule has 0 atom stereocenters. The third-order valence-corrected chi connectivity index (χ3v) is 2.40. The normalized spacial score (nSPS) is 10.5. The molecule has 0 spiro atoms. The topological polar surface area (TPSA) is 103 Å². The molecule has 1 aromatic carbocycles. The van der Waals surface area contributed by atoms with Gasteiger partial charge < -0.3 is 20.0 Å². The molecule has 3 aromatic rings. The molecule has 0 aliphatic rings. The number of anilines is 1. The van der Waals surface area contributed by atoms with Crippen molar-refractivity contribution in [2.45, 2.75) is 6.61 Å². The number of nitrogen functional groups attached to an aromatic ring is 1. The molecule has 0 saturated heterocycles. The van der Waals surface area contributed by atoms with Crippen LogP contribution in [0.1, 0.15) is 5.89 Å². The summed E-state index contributed by atoms with van der Waals surface area (Å²) < 4.78 is 10.6. The van der Waals surface area contributed by atoms with Crippen molar-refractivity contribution >= 4 is 5.69 Å². The zero-order valence-corrected chi connectivity index (χ0v) is 9.91. The number of rotatable bonds is 4. The van der Waals surface area contributed by atoms with Crippen molar-refractivity contribution in [3.8, 4) is 17.4 Å². The van der Waals surface area contributed by atoms with Crippen LogP contribution < -0.4 is 10.5 Å². The van der Waals surface area contributed by atoms with Crippen LogP contribution in [0.3, 0.4) is 0 Å². The van der Waals surface area contributed by atoms with Crippen molar-refractivity contribution in [1.29, 1.82) is 0 Å². The molecule has 0 saturated carbocycles. The second-order valence-corrected chi connectivity index (χ2v) is 3.81. The lowest BCUT2D eigenvalue weighted by Crippen LogP contribution is -1.96. The van der Waals surface area contributed by atoms with Crippen LogP contribution in [0.4, 0.5) is 5.69 Å². The SMILES string of the molecule is Nc1cccc(OCc2nc(-c3ncc[nH]3)no2)c1. The maximum Gasteiger partial charge on any atom is 0.264 e. The van der Waals surface area contributed by atoms with E-state index >= 15 is 0 Å². The Balaban J connectivity index is 1.68. The first-order valence-electron chi connectivity index (χ1n) is 5.62. The molecule has 2 aromatic heterocycles. The van der Waals surface area contributed by atoms with Crippen molar-refractivity contribution in [3.63, 3.8) is 0 Å². The number of hydrogen-bond donors (Lipinski definition) is 2. The molecule has 19 heavy (non-hydrogen) atoms. The lowest BCUT2D eigenvalue weighted by molar-refractivity contribution is 0.243. The summed E-state index contributed by atoms with van der Waals surface area (Å²) in [6, 6.07) is 7.13. The van der Waals surface area contributed by atoms with Crippen LogP contribution in [0, 0.1) is 0 Å². The number of nitrogens with two attached hydrogens (primary N) is 1. The molecule has 96 valence electrons. The Hall–Kier alpha value is -2.83.